The van der Waals surface area contributed by atoms with Crippen molar-refractivity contribution in [2.24, 2.45) is 0 Å². The number of hydrogen-bond acceptors (Lipinski definition) is 4. The van der Waals surface area contributed by atoms with Gasteiger partial charge in [0.15, 0.2) is 6.10 Å². The van der Waals surface area contributed by atoms with E-state index in [1.165, 1.54) is 13.8 Å². The first-order valence-electron chi connectivity index (χ1n) is 5.22. The molecule has 0 saturated carbocycles. The van der Waals surface area contributed by atoms with Gasteiger partial charge < -0.3 is 14.9 Å². The molecule has 2 N–H and O–H groups in total. The Hall–Kier alpha value is -1.65. The molecule has 0 heterocycles. The van der Waals surface area contributed by atoms with Crippen molar-refractivity contribution >= 4 is 5.97 Å². The van der Waals surface area contributed by atoms with Crippen LogP contribution in [0.15, 0.2) is 42.5 Å². The van der Waals surface area contributed by atoms with Gasteiger partial charge in [0, 0.05) is 11.1 Å². The highest BCUT2D eigenvalue weighted by Crippen LogP contribution is 2.24. The summed E-state index contributed by atoms with van der Waals surface area (Å²) in [6, 6.07) is 8.19. The van der Waals surface area contributed by atoms with E-state index >= 15 is 0 Å². The summed E-state index contributed by atoms with van der Waals surface area (Å²) in [5, 5.41) is 19.9. The van der Waals surface area contributed by atoms with Crippen molar-refractivity contribution < 1.29 is 19.7 Å². The predicted molar refractivity (Wildman–Crippen MR) is 62.9 cm³/mol. The Morgan fingerprint density at radius 2 is 1.88 bits per heavy atom. The first-order chi connectivity index (χ1) is 7.85. The third-order valence-corrected chi connectivity index (χ3v) is 2.40. The van der Waals surface area contributed by atoms with E-state index < -0.39 is 17.9 Å². The maximum absolute atomic E-state index is 11.3. The van der Waals surface area contributed by atoms with Gasteiger partial charge in [0.25, 0.3) is 0 Å². The van der Waals surface area contributed by atoms with Gasteiger partial charge in [0.2, 0.25) is 5.79 Å². The van der Waals surface area contributed by atoms with Crippen LogP contribution in [0.2, 0.25) is 0 Å². The molecule has 1 rings (SSSR count). The second-order valence-corrected chi connectivity index (χ2v) is 3.92. The molecular formula is C13H16O4. The number of hydrogen-bond donors (Lipinski definition) is 2. The van der Waals surface area contributed by atoms with Gasteiger partial charge in [-0.15, -0.1) is 0 Å². The normalized spacial score (nSPS) is 12.9. The van der Waals surface area contributed by atoms with Crippen LogP contribution in [-0.4, -0.2) is 22.3 Å². The van der Waals surface area contributed by atoms with Gasteiger partial charge in [0.1, 0.15) is 0 Å². The van der Waals surface area contributed by atoms with Crippen LogP contribution in [0, 0.1) is 0 Å². The minimum atomic E-state index is -2.22. The van der Waals surface area contributed by atoms with E-state index in [-0.39, 0.29) is 11.1 Å². The molecule has 1 atom stereocenters. The monoisotopic (exact) mass is 236 g/mol. The summed E-state index contributed by atoms with van der Waals surface area (Å²) in [5.74, 6) is -2.87. The number of benzene rings is 1. The van der Waals surface area contributed by atoms with Crippen molar-refractivity contribution in [3.8, 4) is 0 Å². The average molecular weight is 236 g/mol. The lowest BCUT2D eigenvalue weighted by atomic mass is 10.0. The maximum atomic E-state index is 11.3. The van der Waals surface area contributed by atoms with E-state index in [1.54, 1.807) is 30.3 Å². The Kier molecular flexibility index (Phi) is 4.04. The molecule has 0 spiro atoms. The average Bonchev–Trinajstić information content (AvgIpc) is 2.29. The van der Waals surface area contributed by atoms with Gasteiger partial charge in [-0.05, 0) is 13.8 Å². The van der Waals surface area contributed by atoms with E-state index in [9.17, 15) is 15.0 Å². The second-order valence-electron chi connectivity index (χ2n) is 3.92. The standard InChI is InChI=1S/C13H16O4/c1-9(2)12(14)17-10(3)13(15,16)11-7-5-4-6-8-11/h4-8,10,15-16H,1H2,2-3H3. The Morgan fingerprint density at radius 1 is 1.35 bits per heavy atom. The minimum absolute atomic E-state index is 0.209. The SMILES string of the molecule is C=C(C)C(=O)OC(C)C(O)(O)c1ccccc1. The zero-order chi connectivity index (χ0) is 13.1. The molecule has 0 aromatic heterocycles. The Labute approximate surface area is 100 Å². The number of carbonyl (C=O) groups excluding carboxylic acids is 1. The molecule has 4 nitrogen and oxygen atoms in total. The molecule has 0 fully saturated rings. The fourth-order valence-electron chi connectivity index (χ4n) is 1.26. The molecule has 0 aliphatic heterocycles. The largest absolute Gasteiger partial charge is 0.453 e. The molecule has 92 valence electrons. The van der Waals surface area contributed by atoms with Gasteiger partial charge in [-0.2, -0.15) is 0 Å². The van der Waals surface area contributed by atoms with E-state index in [1.807, 2.05) is 0 Å². The van der Waals surface area contributed by atoms with Gasteiger partial charge in [-0.1, -0.05) is 36.9 Å². The van der Waals surface area contributed by atoms with Gasteiger partial charge in [-0.3, -0.25) is 0 Å². The molecule has 4 heteroatoms. The van der Waals surface area contributed by atoms with Crippen LogP contribution in [-0.2, 0) is 15.3 Å². The third-order valence-electron chi connectivity index (χ3n) is 2.40. The van der Waals surface area contributed by atoms with Crippen LogP contribution in [0.4, 0.5) is 0 Å². The summed E-state index contributed by atoms with van der Waals surface area (Å²) in [4.78, 5) is 11.3. The molecular weight excluding hydrogens is 220 g/mol. The summed E-state index contributed by atoms with van der Waals surface area (Å²) < 4.78 is 4.89. The molecule has 0 amide bonds. The topological polar surface area (TPSA) is 66.8 Å². The van der Waals surface area contributed by atoms with Crippen molar-refractivity contribution in [3.63, 3.8) is 0 Å². The summed E-state index contributed by atoms with van der Waals surface area (Å²) in [5.41, 5.74) is 0.475. The number of carbonyl (C=O) groups is 1. The number of esters is 1. The molecule has 0 aliphatic rings. The molecule has 0 bridgehead atoms. The molecule has 0 saturated heterocycles. The molecule has 1 unspecified atom stereocenters. The van der Waals surface area contributed by atoms with E-state index in [0.29, 0.717) is 0 Å². The first-order valence-corrected chi connectivity index (χ1v) is 5.22. The molecule has 17 heavy (non-hydrogen) atoms. The Balaban J connectivity index is 2.84. The van der Waals surface area contributed by atoms with Crippen LogP contribution in [0.25, 0.3) is 0 Å². The lowest BCUT2D eigenvalue weighted by molar-refractivity contribution is -0.238. The number of rotatable bonds is 4. The fourth-order valence-corrected chi connectivity index (χ4v) is 1.26. The van der Waals surface area contributed by atoms with E-state index in [0.717, 1.165) is 0 Å². The third kappa shape index (κ3) is 3.15. The number of ether oxygens (including phenoxy) is 1. The van der Waals surface area contributed by atoms with Gasteiger partial charge in [0.05, 0.1) is 0 Å². The highest BCUT2D eigenvalue weighted by Gasteiger charge is 2.36. The predicted octanol–water partition coefficient (Wildman–Crippen LogP) is 1.33. The summed E-state index contributed by atoms with van der Waals surface area (Å²) in [6.07, 6.45) is -1.09. The van der Waals surface area contributed by atoms with Crippen LogP contribution < -0.4 is 0 Å². The summed E-state index contributed by atoms with van der Waals surface area (Å²) in [6.45, 7) is 6.33. The van der Waals surface area contributed by atoms with E-state index in [2.05, 4.69) is 6.58 Å². The van der Waals surface area contributed by atoms with E-state index in [4.69, 9.17) is 4.74 Å². The minimum Gasteiger partial charge on any atom is -0.453 e. The molecule has 1 aromatic carbocycles. The quantitative estimate of drug-likeness (QED) is 0.470. The smallest absolute Gasteiger partial charge is 0.333 e. The Bertz CT molecular complexity index is 409. The van der Waals surface area contributed by atoms with Crippen molar-refractivity contribution in [2.75, 3.05) is 0 Å². The molecule has 0 aliphatic carbocycles. The summed E-state index contributed by atoms with van der Waals surface area (Å²) in [7, 11) is 0. The lowest BCUT2D eigenvalue weighted by Gasteiger charge is -2.28. The van der Waals surface area contributed by atoms with Gasteiger partial charge >= 0.3 is 5.97 Å². The van der Waals surface area contributed by atoms with Crippen LogP contribution in [0.1, 0.15) is 19.4 Å². The highest BCUT2D eigenvalue weighted by atomic mass is 16.6. The van der Waals surface area contributed by atoms with Crippen molar-refractivity contribution in [1.29, 1.82) is 0 Å². The van der Waals surface area contributed by atoms with Crippen molar-refractivity contribution in [1.82, 2.24) is 0 Å². The number of aliphatic hydroxyl groups is 2. The Morgan fingerprint density at radius 3 is 2.35 bits per heavy atom. The second kappa shape index (κ2) is 5.12. The van der Waals surface area contributed by atoms with Crippen LogP contribution >= 0.6 is 0 Å². The lowest BCUT2D eigenvalue weighted by Crippen LogP contribution is -2.40. The summed E-state index contributed by atoms with van der Waals surface area (Å²) >= 11 is 0. The maximum Gasteiger partial charge on any atom is 0.333 e. The highest BCUT2D eigenvalue weighted by molar-refractivity contribution is 5.87. The first kappa shape index (κ1) is 13.4. The van der Waals surface area contributed by atoms with Crippen molar-refractivity contribution in [3.05, 3.63) is 48.0 Å². The molecule has 0 radical (unpaired) electrons. The van der Waals surface area contributed by atoms with Gasteiger partial charge in [-0.25, -0.2) is 4.79 Å². The fraction of sp³-hybridized carbons (Fsp3) is 0.308. The zero-order valence-corrected chi connectivity index (χ0v) is 9.88. The van der Waals surface area contributed by atoms with Crippen molar-refractivity contribution in [2.45, 2.75) is 25.7 Å². The molecule has 1 aromatic rings. The van der Waals surface area contributed by atoms with Crippen LogP contribution in [0.5, 0.6) is 0 Å². The zero-order valence-electron chi connectivity index (χ0n) is 9.88. The van der Waals surface area contributed by atoms with Crippen LogP contribution in [0.3, 0.4) is 0 Å².